The van der Waals surface area contributed by atoms with Crippen LogP contribution in [0, 0.1) is 0 Å². The lowest BCUT2D eigenvalue weighted by molar-refractivity contribution is -0.143. The summed E-state index contributed by atoms with van der Waals surface area (Å²) in [6, 6.07) is 0.461. The number of carboxylic acids is 1. The molecule has 0 aliphatic heterocycles. The van der Waals surface area contributed by atoms with E-state index in [0.717, 1.165) is 0 Å². The lowest BCUT2D eigenvalue weighted by atomic mass is 10.0. The van der Waals surface area contributed by atoms with Crippen LogP contribution < -0.4 is 5.73 Å². The van der Waals surface area contributed by atoms with Crippen molar-refractivity contribution < 1.29 is 45.9 Å². The monoisotopic (exact) mass is 370 g/mol. The maximum absolute atomic E-state index is 12.7. The zero-order valence-electron chi connectivity index (χ0n) is 11.9. The fourth-order valence-corrected chi connectivity index (χ4v) is 1.42. The number of aliphatic carboxylic acids is 1. The number of carboxylic acid groups (broad SMARTS) is 1. The Bertz CT molecular complexity index is 705. The van der Waals surface area contributed by atoms with E-state index in [9.17, 15) is 35.9 Å². The molecule has 0 bridgehead atoms. The molecule has 0 aromatic heterocycles. The lowest BCUT2D eigenvalue weighted by Crippen LogP contribution is -2.19. The molecule has 0 spiro atoms. The second-order valence-corrected chi connectivity index (χ2v) is 4.35. The van der Waals surface area contributed by atoms with Crippen LogP contribution in [0.1, 0.15) is 16.7 Å². The highest BCUT2D eigenvalue weighted by Gasteiger charge is 2.37. The molecule has 0 unspecified atom stereocenters. The van der Waals surface area contributed by atoms with Crippen LogP contribution >= 0.6 is 0 Å². The SMILES string of the molecule is N/C(=N\OC(=O)/C=C/C(=O)O)c1cc(C(F)(F)F)cc(C(F)(F)F)c1. The number of nitrogens with zero attached hydrogens (tertiary/aromatic N) is 1. The summed E-state index contributed by atoms with van der Waals surface area (Å²) < 4.78 is 76.1. The number of carbonyl (C=O) groups is 2. The van der Waals surface area contributed by atoms with E-state index in [-0.39, 0.29) is 18.2 Å². The first-order valence-corrected chi connectivity index (χ1v) is 6.06. The number of hydrogen-bond acceptors (Lipinski definition) is 4. The van der Waals surface area contributed by atoms with Crippen LogP contribution in [0.2, 0.25) is 0 Å². The molecule has 0 saturated carbocycles. The Balaban J connectivity index is 3.20. The van der Waals surface area contributed by atoms with Gasteiger partial charge >= 0.3 is 24.3 Å². The third-order valence-corrected chi connectivity index (χ3v) is 2.48. The summed E-state index contributed by atoms with van der Waals surface area (Å²) in [5.74, 6) is -3.80. The molecular weight excluding hydrogens is 362 g/mol. The van der Waals surface area contributed by atoms with Gasteiger partial charge in [-0.3, -0.25) is 0 Å². The Kier molecular flexibility index (Phi) is 5.79. The molecule has 136 valence electrons. The molecule has 1 aromatic rings. The number of halogens is 6. The van der Waals surface area contributed by atoms with Gasteiger partial charge in [0, 0.05) is 17.7 Å². The van der Waals surface area contributed by atoms with Crippen molar-refractivity contribution in [1.29, 1.82) is 0 Å². The molecular formula is C13H8F6N2O4. The molecule has 6 nitrogen and oxygen atoms in total. The molecule has 0 fully saturated rings. The molecule has 0 aliphatic carbocycles. The normalized spacial score (nSPS) is 13.1. The minimum absolute atomic E-state index is 0.113. The molecule has 3 N–H and O–H groups in total. The largest absolute Gasteiger partial charge is 0.478 e. The average molecular weight is 370 g/mol. The second-order valence-electron chi connectivity index (χ2n) is 4.35. The molecule has 0 heterocycles. The van der Waals surface area contributed by atoms with Crippen molar-refractivity contribution in [3.63, 3.8) is 0 Å². The summed E-state index contributed by atoms with van der Waals surface area (Å²) in [4.78, 5) is 25.3. The smallest absolute Gasteiger partial charge is 0.416 e. The van der Waals surface area contributed by atoms with Gasteiger partial charge in [-0.15, -0.1) is 0 Å². The van der Waals surface area contributed by atoms with Gasteiger partial charge in [0.1, 0.15) is 0 Å². The number of carbonyl (C=O) groups excluding carboxylic acids is 1. The van der Waals surface area contributed by atoms with Crippen LogP contribution in [-0.4, -0.2) is 22.9 Å². The predicted molar refractivity (Wildman–Crippen MR) is 70.0 cm³/mol. The Hall–Kier alpha value is -3.05. The first kappa shape index (κ1) is 20.0. The van der Waals surface area contributed by atoms with Crippen LogP contribution in [0.15, 0.2) is 35.5 Å². The van der Waals surface area contributed by atoms with Gasteiger partial charge in [0.25, 0.3) is 0 Å². The highest BCUT2D eigenvalue weighted by molar-refractivity contribution is 5.98. The average Bonchev–Trinajstić information content (AvgIpc) is 2.48. The van der Waals surface area contributed by atoms with Gasteiger partial charge in [-0.1, -0.05) is 5.16 Å². The predicted octanol–water partition coefficient (Wildman–Crippen LogP) is 2.53. The number of benzene rings is 1. The van der Waals surface area contributed by atoms with E-state index in [1.165, 1.54) is 0 Å². The maximum atomic E-state index is 12.7. The summed E-state index contributed by atoms with van der Waals surface area (Å²) in [5.41, 5.74) is 1.16. The molecule has 12 heteroatoms. The molecule has 1 rings (SSSR count). The van der Waals surface area contributed by atoms with E-state index < -0.39 is 46.8 Å². The van der Waals surface area contributed by atoms with Gasteiger partial charge < -0.3 is 15.7 Å². The number of oxime groups is 1. The number of alkyl halides is 6. The minimum Gasteiger partial charge on any atom is -0.478 e. The van der Waals surface area contributed by atoms with Gasteiger partial charge in [0.2, 0.25) is 0 Å². The lowest BCUT2D eigenvalue weighted by Gasteiger charge is -2.13. The van der Waals surface area contributed by atoms with E-state index >= 15 is 0 Å². The number of rotatable bonds is 4. The number of hydrogen-bond donors (Lipinski definition) is 2. The van der Waals surface area contributed by atoms with Crippen LogP contribution in [0.3, 0.4) is 0 Å². The molecule has 0 amide bonds. The van der Waals surface area contributed by atoms with Crippen LogP contribution in [0.25, 0.3) is 0 Å². The Morgan fingerprint density at radius 3 is 1.88 bits per heavy atom. The standard InChI is InChI=1S/C13H8F6N2O4/c14-12(15,16)7-3-6(4-8(5-7)13(17,18)19)11(20)21-25-10(24)2-1-9(22)23/h1-5H,(H2,20,21)(H,22,23)/b2-1+. The Labute approximate surface area is 135 Å². The Morgan fingerprint density at radius 2 is 1.48 bits per heavy atom. The summed E-state index contributed by atoms with van der Waals surface area (Å²) >= 11 is 0. The van der Waals surface area contributed by atoms with Gasteiger partial charge in [-0.05, 0) is 18.2 Å². The summed E-state index contributed by atoms with van der Waals surface area (Å²) in [6.07, 6.45) is -9.39. The van der Waals surface area contributed by atoms with Crippen molar-refractivity contribution in [1.82, 2.24) is 0 Å². The van der Waals surface area contributed by atoms with Crippen molar-refractivity contribution in [3.8, 4) is 0 Å². The van der Waals surface area contributed by atoms with Crippen LogP contribution in [0.4, 0.5) is 26.3 Å². The highest BCUT2D eigenvalue weighted by atomic mass is 19.4. The van der Waals surface area contributed by atoms with Crippen molar-refractivity contribution in [2.75, 3.05) is 0 Å². The van der Waals surface area contributed by atoms with E-state index in [2.05, 4.69) is 9.99 Å². The van der Waals surface area contributed by atoms with Crippen LogP contribution in [0.5, 0.6) is 0 Å². The number of nitrogens with two attached hydrogens (primary N) is 1. The molecule has 0 radical (unpaired) electrons. The van der Waals surface area contributed by atoms with Crippen molar-refractivity contribution in [2.45, 2.75) is 12.4 Å². The van der Waals surface area contributed by atoms with E-state index in [0.29, 0.717) is 12.2 Å². The van der Waals surface area contributed by atoms with Crippen molar-refractivity contribution >= 4 is 17.8 Å². The molecule has 0 atom stereocenters. The molecule has 0 aliphatic rings. The highest BCUT2D eigenvalue weighted by Crippen LogP contribution is 2.36. The van der Waals surface area contributed by atoms with E-state index in [4.69, 9.17) is 10.8 Å². The number of amidine groups is 1. The fraction of sp³-hybridized carbons (Fsp3) is 0.154. The second kappa shape index (κ2) is 7.23. The first-order chi connectivity index (χ1) is 11.3. The van der Waals surface area contributed by atoms with Crippen LogP contribution in [-0.2, 0) is 26.8 Å². The molecule has 1 aromatic carbocycles. The van der Waals surface area contributed by atoms with Crippen molar-refractivity contribution in [2.24, 2.45) is 10.9 Å². The first-order valence-electron chi connectivity index (χ1n) is 6.06. The van der Waals surface area contributed by atoms with Gasteiger partial charge in [-0.25, -0.2) is 9.59 Å². The van der Waals surface area contributed by atoms with Gasteiger partial charge in [0.05, 0.1) is 11.1 Å². The topological polar surface area (TPSA) is 102 Å². The maximum Gasteiger partial charge on any atom is 0.416 e. The zero-order valence-corrected chi connectivity index (χ0v) is 11.9. The van der Waals surface area contributed by atoms with Crippen molar-refractivity contribution in [3.05, 3.63) is 47.0 Å². The zero-order chi connectivity index (χ0) is 19.4. The third kappa shape index (κ3) is 6.16. The summed E-state index contributed by atoms with van der Waals surface area (Å²) in [6.45, 7) is 0. The summed E-state index contributed by atoms with van der Waals surface area (Å²) in [7, 11) is 0. The summed E-state index contributed by atoms with van der Waals surface area (Å²) in [5, 5.41) is 11.1. The van der Waals surface area contributed by atoms with E-state index in [1.54, 1.807) is 0 Å². The quantitative estimate of drug-likeness (QED) is 0.212. The third-order valence-electron chi connectivity index (χ3n) is 2.48. The molecule has 25 heavy (non-hydrogen) atoms. The minimum atomic E-state index is -5.09. The Morgan fingerprint density at radius 1 is 1.00 bits per heavy atom. The van der Waals surface area contributed by atoms with Gasteiger partial charge in [-0.2, -0.15) is 26.3 Å². The van der Waals surface area contributed by atoms with Gasteiger partial charge in [0.15, 0.2) is 5.84 Å². The van der Waals surface area contributed by atoms with E-state index in [1.807, 2.05) is 0 Å². The molecule has 0 saturated heterocycles. The fourth-order valence-electron chi connectivity index (χ4n) is 1.42.